The third-order valence-corrected chi connectivity index (χ3v) is 5.81. The van der Waals surface area contributed by atoms with Gasteiger partial charge in [-0.2, -0.15) is 0 Å². The number of imidazole rings is 1. The number of rotatable bonds is 6. The summed E-state index contributed by atoms with van der Waals surface area (Å²) < 4.78 is 1.99. The van der Waals surface area contributed by atoms with Crippen LogP contribution in [0.3, 0.4) is 0 Å². The molecule has 3 heterocycles. The van der Waals surface area contributed by atoms with E-state index in [1.165, 1.54) is 0 Å². The Kier molecular flexibility index (Phi) is 5.05. The van der Waals surface area contributed by atoms with E-state index >= 15 is 0 Å². The second-order valence-corrected chi connectivity index (χ2v) is 8.10. The number of para-hydroxylation sites is 1. The Labute approximate surface area is 181 Å². The van der Waals surface area contributed by atoms with E-state index in [1.54, 1.807) is 17.4 Å². The van der Waals surface area contributed by atoms with Gasteiger partial charge in [0.05, 0.1) is 16.6 Å². The Morgan fingerprint density at radius 1 is 1.10 bits per heavy atom. The van der Waals surface area contributed by atoms with E-state index in [0.717, 1.165) is 21.9 Å². The van der Waals surface area contributed by atoms with Crippen molar-refractivity contribution in [3.8, 4) is 11.3 Å². The number of anilines is 1. The van der Waals surface area contributed by atoms with E-state index < -0.39 is 0 Å². The lowest BCUT2D eigenvalue weighted by Gasteiger charge is -2.06. The van der Waals surface area contributed by atoms with E-state index in [0.29, 0.717) is 36.0 Å². The molecule has 31 heavy (non-hydrogen) atoms. The van der Waals surface area contributed by atoms with Gasteiger partial charge in [0.1, 0.15) is 5.82 Å². The Morgan fingerprint density at radius 2 is 1.94 bits per heavy atom. The van der Waals surface area contributed by atoms with Crippen molar-refractivity contribution in [2.24, 2.45) is 0 Å². The average Bonchev–Trinajstić information content (AvgIpc) is 3.37. The summed E-state index contributed by atoms with van der Waals surface area (Å²) in [5.74, 6) is 0.527. The van der Waals surface area contributed by atoms with E-state index in [-0.39, 0.29) is 11.5 Å². The first-order chi connectivity index (χ1) is 15.2. The summed E-state index contributed by atoms with van der Waals surface area (Å²) in [6, 6.07) is 14.9. The van der Waals surface area contributed by atoms with Crippen LogP contribution in [0.2, 0.25) is 0 Å². The number of amides is 1. The maximum absolute atomic E-state index is 12.3. The molecule has 7 nitrogen and oxygen atoms in total. The number of fused-ring (bicyclic) bond motifs is 2. The van der Waals surface area contributed by atoms with Crippen LogP contribution < -0.4 is 10.9 Å². The van der Waals surface area contributed by atoms with E-state index in [9.17, 15) is 9.59 Å². The first kappa shape index (κ1) is 19.2. The smallest absolute Gasteiger partial charge is 0.258 e. The number of carbonyl (C=O) groups is 1. The quantitative estimate of drug-likeness (QED) is 0.422. The fourth-order valence-corrected chi connectivity index (χ4v) is 4.18. The van der Waals surface area contributed by atoms with Crippen molar-refractivity contribution >= 4 is 38.8 Å². The summed E-state index contributed by atoms with van der Waals surface area (Å²) in [5.41, 5.74) is 3.17. The number of nitrogens with zero attached hydrogens (tertiary/aromatic N) is 3. The molecule has 0 radical (unpaired) electrons. The minimum Gasteiger partial charge on any atom is -0.326 e. The van der Waals surface area contributed by atoms with E-state index in [4.69, 9.17) is 0 Å². The summed E-state index contributed by atoms with van der Waals surface area (Å²) >= 11 is 1.59. The number of benzene rings is 2. The molecule has 1 amide bonds. The third-order valence-electron chi connectivity index (χ3n) is 5.04. The summed E-state index contributed by atoms with van der Waals surface area (Å²) in [6.07, 6.45) is 5.44. The number of aromatic amines is 1. The number of aromatic nitrogens is 4. The van der Waals surface area contributed by atoms with Crippen molar-refractivity contribution in [2.45, 2.75) is 19.3 Å². The average molecular weight is 430 g/mol. The lowest BCUT2D eigenvalue weighted by molar-refractivity contribution is -0.116. The zero-order valence-corrected chi connectivity index (χ0v) is 17.4. The second-order valence-electron chi connectivity index (χ2n) is 7.23. The van der Waals surface area contributed by atoms with Crippen molar-refractivity contribution in [1.29, 1.82) is 0 Å². The number of aryl methyl sites for hydroxylation is 1. The second kappa shape index (κ2) is 8.16. The van der Waals surface area contributed by atoms with Crippen molar-refractivity contribution in [3.05, 3.63) is 82.5 Å². The SMILES string of the molecule is O=C(CCCc1nc2ccccc2c(=O)[nH]1)Nc1ccc(-c2cn3ccsc3n2)cc1. The lowest BCUT2D eigenvalue weighted by atomic mass is 10.1. The molecule has 0 aliphatic carbocycles. The first-order valence-corrected chi connectivity index (χ1v) is 10.8. The van der Waals surface area contributed by atoms with Crippen molar-refractivity contribution in [1.82, 2.24) is 19.4 Å². The van der Waals surface area contributed by atoms with Gasteiger partial charge in [0.15, 0.2) is 4.96 Å². The molecule has 0 fully saturated rings. The zero-order chi connectivity index (χ0) is 21.2. The Hall–Kier alpha value is -3.78. The minimum atomic E-state index is -0.150. The van der Waals surface area contributed by atoms with Crippen LogP contribution in [0.15, 0.2) is 71.1 Å². The van der Waals surface area contributed by atoms with Crippen LogP contribution in [0.25, 0.3) is 27.1 Å². The molecule has 2 aromatic carbocycles. The minimum absolute atomic E-state index is 0.0709. The van der Waals surface area contributed by atoms with Crippen LogP contribution in [-0.4, -0.2) is 25.3 Å². The molecule has 3 aromatic heterocycles. The molecule has 0 aliphatic heterocycles. The number of hydrogen-bond acceptors (Lipinski definition) is 5. The molecule has 0 aliphatic rings. The van der Waals surface area contributed by atoms with Gasteiger partial charge in [0.2, 0.25) is 5.91 Å². The van der Waals surface area contributed by atoms with Crippen LogP contribution in [0.1, 0.15) is 18.7 Å². The number of hydrogen-bond donors (Lipinski definition) is 2. The highest BCUT2D eigenvalue weighted by Crippen LogP contribution is 2.23. The molecule has 8 heteroatoms. The normalized spacial score (nSPS) is 11.2. The molecule has 0 unspecified atom stereocenters. The summed E-state index contributed by atoms with van der Waals surface area (Å²) in [5, 5.41) is 5.49. The standard InChI is InChI=1S/C23H19N5O2S/c29-21(7-3-6-20-25-18-5-2-1-4-17(18)22(30)27-20)24-16-10-8-15(9-11-16)19-14-28-12-13-31-23(28)26-19/h1-2,4-5,8-14H,3,6-7H2,(H,24,29)(H,25,27,30). The highest BCUT2D eigenvalue weighted by atomic mass is 32.1. The predicted octanol–water partition coefficient (Wildman–Crippen LogP) is 4.26. The molecular weight excluding hydrogens is 410 g/mol. The summed E-state index contributed by atoms with van der Waals surface area (Å²) in [6.45, 7) is 0. The number of carbonyl (C=O) groups excluding carboxylic acids is 1. The molecular formula is C23H19N5O2S. The van der Waals surface area contributed by atoms with Gasteiger partial charge in [-0.05, 0) is 30.7 Å². The van der Waals surface area contributed by atoms with Gasteiger partial charge in [-0.25, -0.2) is 9.97 Å². The molecule has 0 spiro atoms. The highest BCUT2D eigenvalue weighted by molar-refractivity contribution is 7.15. The Balaban J connectivity index is 1.17. The molecule has 0 saturated carbocycles. The van der Waals surface area contributed by atoms with Crippen LogP contribution >= 0.6 is 11.3 Å². The van der Waals surface area contributed by atoms with E-state index in [2.05, 4.69) is 20.3 Å². The molecule has 0 bridgehead atoms. The van der Waals surface area contributed by atoms with Gasteiger partial charge in [0, 0.05) is 41.9 Å². The molecule has 5 aromatic rings. The van der Waals surface area contributed by atoms with E-state index in [1.807, 2.05) is 64.6 Å². The van der Waals surface area contributed by atoms with Crippen molar-refractivity contribution in [2.75, 3.05) is 5.32 Å². The monoisotopic (exact) mass is 429 g/mol. The fourth-order valence-electron chi connectivity index (χ4n) is 3.48. The summed E-state index contributed by atoms with van der Waals surface area (Å²) in [4.78, 5) is 37.2. The maximum atomic E-state index is 12.3. The molecule has 154 valence electrons. The largest absolute Gasteiger partial charge is 0.326 e. The highest BCUT2D eigenvalue weighted by Gasteiger charge is 2.08. The fraction of sp³-hybridized carbons (Fsp3) is 0.130. The Morgan fingerprint density at radius 3 is 2.77 bits per heavy atom. The predicted molar refractivity (Wildman–Crippen MR) is 122 cm³/mol. The molecule has 5 rings (SSSR count). The first-order valence-electron chi connectivity index (χ1n) is 9.96. The van der Waals surface area contributed by atoms with Crippen LogP contribution in [0.4, 0.5) is 5.69 Å². The maximum Gasteiger partial charge on any atom is 0.258 e. The van der Waals surface area contributed by atoms with Crippen molar-refractivity contribution in [3.63, 3.8) is 0 Å². The van der Waals surface area contributed by atoms with Gasteiger partial charge in [0.25, 0.3) is 5.56 Å². The van der Waals surface area contributed by atoms with Crippen LogP contribution in [-0.2, 0) is 11.2 Å². The van der Waals surface area contributed by atoms with Gasteiger partial charge < -0.3 is 10.3 Å². The number of H-pyrrole nitrogens is 1. The van der Waals surface area contributed by atoms with Gasteiger partial charge in [-0.1, -0.05) is 24.3 Å². The lowest BCUT2D eigenvalue weighted by Crippen LogP contribution is -2.14. The zero-order valence-electron chi connectivity index (χ0n) is 16.5. The Bertz CT molecular complexity index is 1400. The summed E-state index contributed by atoms with van der Waals surface area (Å²) in [7, 11) is 0. The molecule has 0 atom stereocenters. The molecule has 2 N–H and O–H groups in total. The van der Waals surface area contributed by atoms with Gasteiger partial charge >= 0.3 is 0 Å². The molecule has 0 saturated heterocycles. The number of thiazole rings is 1. The van der Waals surface area contributed by atoms with Crippen molar-refractivity contribution < 1.29 is 4.79 Å². The number of nitrogens with one attached hydrogen (secondary N) is 2. The van der Waals surface area contributed by atoms with Gasteiger partial charge in [-0.15, -0.1) is 11.3 Å². The third kappa shape index (κ3) is 4.10. The van der Waals surface area contributed by atoms with Gasteiger partial charge in [-0.3, -0.25) is 14.0 Å². The van der Waals surface area contributed by atoms with Crippen LogP contribution in [0.5, 0.6) is 0 Å². The van der Waals surface area contributed by atoms with Crippen LogP contribution in [0, 0.1) is 0 Å². The topological polar surface area (TPSA) is 92.1 Å².